The molecule has 0 spiro atoms. The standard InChI is InChI=1S/C16H21N3O2/c1-13(2)19-12-14(11-17-19)18-16(20)9-6-10-21-15-7-4-3-5-8-15/h3-5,7-8,11-13H,6,9-10H2,1-2H3,(H,18,20). The molecule has 2 rings (SSSR count). The van der Waals surface area contributed by atoms with Crippen LogP contribution in [-0.2, 0) is 4.79 Å². The summed E-state index contributed by atoms with van der Waals surface area (Å²) in [5.41, 5.74) is 0.734. The van der Waals surface area contributed by atoms with E-state index < -0.39 is 0 Å². The Morgan fingerprint density at radius 1 is 1.33 bits per heavy atom. The predicted molar refractivity (Wildman–Crippen MR) is 82.4 cm³/mol. The number of benzene rings is 1. The highest BCUT2D eigenvalue weighted by molar-refractivity contribution is 5.90. The highest BCUT2D eigenvalue weighted by Gasteiger charge is 2.06. The van der Waals surface area contributed by atoms with Gasteiger partial charge in [0, 0.05) is 18.7 Å². The van der Waals surface area contributed by atoms with Crippen molar-refractivity contribution in [1.82, 2.24) is 9.78 Å². The molecule has 1 amide bonds. The van der Waals surface area contributed by atoms with Gasteiger partial charge in [0.25, 0.3) is 0 Å². The molecule has 21 heavy (non-hydrogen) atoms. The minimum atomic E-state index is -0.0185. The summed E-state index contributed by atoms with van der Waals surface area (Å²) in [4.78, 5) is 11.8. The fourth-order valence-corrected chi connectivity index (χ4v) is 1.85. The van der Waals surface area contributed by atoms with Crippen molar-refractivity contribution in [2.75, 3.05) is 11.9 Å². The maximum absolute atomic E-state index is 11.8. The zero-order valence-electron chi connectivity index (χ0n) is 12.5. The van der Waals surface area contributed by atoms with Gasteiger partial charge in [-0.1, -0.05) is 18.2 Å². The summed E-state index contributed by atoms with van der Waals surface area (Å²) in [5, 5.41) is 7.02. The molecule has 0 atom stereocenters. The van der Waals surface area contributed by atoms with E-state index in [0.29, 0.717) is 19.4 Å². The van der Waals surface area contributed by atoms with Crippen molar-refractivity contribution >= 4 is 11.6 Å². The molecule has 1 aromatic heterocycles. The van der Waals surface area contributed by atoms with Gasteiger partial charge < -0.3 is 10.1 Å². The number of carbonyl (C=O) groups excluding carboxylic acids is 1. The molecule has 5 heteroatoms. The summed E-state index contributed by atoms with van der Waals surface area (Å²) in [6.07, 6.45) is 4.61. The molecule has 0 fully saturated rings. The lowest BCUT2D eigenvalue weighted by Crippen LogP contribution is -2.12. The van der Waals surface area contributed by atoms with Gasteiger partial charge in [-0.05, 0) is 32.4 Å². The molecular formula is C16H21N3O2. The summed E-state index contributed by atoms with van der Waals surface area (Å²) in [7, 11) is 0. The van der Waals surface area contributed by atoms with Gasteiger partial charge in [-0.2, -0.15) is 5.10 Å². The van der Waals surface area contributed by atoms with Gasteiger partial charge in [0.05, 0.1) is 18.5 Å². The number of hydrogen-bond donors (Lipinski definition) is 1. The quantitative estimate of drug-likeness (QED) is 0.795. The Balaban J connectivity index is 1.67. The summed E-state index contributed by atoms with van der Waals surface area (Å²) < 4.78 is 7.36. The van der Waals surface area contributed by atoms with Crippen molar-refractivity contribution in [3.63, 3.8) is 0 Å². The fraction of sp³-hybridized carbons (Fsp3) is 0.375. The lowest BCUT2D eigenvalue weighted by atomic mass is 10.3. The first-order valence-electron chi connectivity index (χ1n) is 7.17. The monoisotopic (exact) mass is 287 g/mol. The van der Waals surface area contributed by atoms with Crippen molar-refractivity contribution in [3.05, 3.63) is 42.7 Å². The average molecular weight is 287 g/mol. The number of aromatic nitrogens is 2. The average Bonchev–Trinajstić information content (AvgIpc) is 2.93. The van der Waals surface area contributed by atoms with Crippen LogP contribution >= 0.6 is 0 Å². The normalized spacial score (nSPS) is 10.6. The first-order valence-corrected chi connectivity index (χ1v) is 7.17. The molecule has 112 valence electrons. The van der Waals surface area contributed by atoms with E-state index >= 15 is 0 Å². The number of amides is 1. The molecule has 2 aromatic rings. The number of carbonyl (C=O) groups is 1. The van der Waals surface area contributed by atoms with Crippen LogP contribution in [0.25, 0.3) is 0 Å². The van der Waals surface area contributed by atoms with Gasteiger partial charge in [-0.15, -0.1) is 0 Å². The number of nitrogens with one attached hydrogen (secondary N) is 1. The maximum Gasteiger partial charge on any atom is 0.224 e. The lowest BCUT2D eigenvalue weighted by Gasteiger charge is -2.06. The Bertz CT molecular complexity index is 564. The Labute approximate surface area is 124 Å². The molecule has 0 aliphatic carbocycles. The number of rotatable bonds is 7. The number of hydrogen-bond acceptors (Lipinski definition) is 3. The van der Waals surface area contributed by atoms with Gasteiger partial charge in [0.2, 0.25) is 5.91 Å². The highest BCUT2D eigenvalue weighted by atomic mass is 16.5. The molecule has 1 N–H and O–H groups in total. The topological polar surface area (TPSA) is 56.2 Å². The molecule has 0 saturated carbocycles. The van der Waals surface area contributed by atoms with Gasteiger partial charge in [-0.25, -0.2) is 0 Å². The molecule has 0 aliphatic rings. The summed E-state index contributed by atoms with van der Waals surface area (Å²) in [5.74, 6) is 0.811. The third kappa shape index (κ3) is 4.95. The van der Waals surface area contributed by atoms with Crippen LogP contribution in [0.1, 0.15) is 32.7 Å². The molecule has 0 unspecified atom stereocenters. The number of para-hydroxylation sites is 1. The van der Waals surface area contributed by atoms with Crippen LogP contribution in [0.2, 0.25) is 0 Å². The molecule has 0 radical (unpaired) electrons. The van der Waals surface area contributed by atoms with E-state index in [2.05, 4.69) is 10.4 Å². The van der Waals surface area contributed by atoms with Crippen LogP contribution in [-0.4, -0.2) is 22.3 Å². The zero-order valence-corrected chi connectivity index (χ0v) is 12.5. The molecule has 1 heterocycles. The largest absolute Gasteiger partial charge is 0.494 e. The molecular weight excluding hydrogens is 266 g/mol. The molecule has 5 nitrogen and oxygen atoms in total. The van der Waals surface area contributed by atoms with Gasteiger partial charge in [0.1, 0.15) is 5.75 Å². The van der Waals surface area contributed by atoms with E-state index in [0.717, 1.165) is 11.4 Å². The SMILES string of the molecule is CC(C)n1cc(NC(=O)CCCOc2ccccc2)cn1. The summed E-state index contributed by atoms with van der Waals surface area (Å²) in [6.45, 7) is 4.61. The minimum absolute atomic E-state index is 0.0185. The highest BCUT2D eigenvalue weighted by Crippen LogP contribution is 2.11. The van der Waals surface area contributed by atoms with Gasteiger partial charge in [0.15, 0.2) is 0 Å². The molecule has 1 aromatic carbocycles. The van der Waals surface area contributed by atoms with Crippen molar-refractivity contribution in [3.8, 4) is 5.75 Å². The van der Waals surface area contributed by atoms with Crippen LogP contribution < -0.4 is 10.1 Å². The van der Waals surface area contributed by atoms with Crippen molar-refractivity contribution in [2.45, 2.75) is 32.7 Å². The molecule has 0 saturated heterocycles. The van der Waals surface area contributed by atoms with Gasteiger partial charge in [-0.3, -0.25) is 9.48 Å². The zero-order chi connectivity index (χ0) is 15.1. The molecule has 0 bridgehead atoms. The van der Waals surface area contributed by atoms with E-state index in [1.165, 1.54) is 0 Å². The predicted octanol–water partition coefficient (Wildman–Crippen LogP) is 3.26. The minimum Gasteiger partial charge on any atom is -0.494 e. The summed E-state index contributed by atoms with van der Waals surface area (Å²) in [6, 6.07) is 9.89. The smallest absolute Gasteiger partial charge is 0.224 e. The van der Waals surface area contributed by atoms with E-state index in [-0.39, 0.29) is 11.9 Å². The van der Waals surface area contributed by atoms with Crippen LogP contribution in [0.5, 0.6) is 5.75 Å². The Morgan fingerprint density at radius 2 is 2.10 bits per heavy atom. The molecule has 0 aliphatic heterocycles. The van der Waals surface area contributed by atoms with Crippen LogP contribution in [0, 0.1) is 0 Å². The number of anilines is 1. The van der Waals surface area contributed by atoms with Crippen LogP contribution in [0.4, 0.5) is 5.69 Å². The van der Waals surface area contributed by atoms with Crippen LogP contribution in [0.15, 0.2) is 42.7 Å². The first kappa shape index (κ1) is 15.1. The summed E-state index contributed by atoms with van der Waals surface area (Å²) >= 11 is 0. The van der Waals surface area contributed by atoms with E-state index in [4.69, 9.17) is 4.74 Å². The third-order valence-electron chi connectivity index (χ3n) is 2.97. The Hall–Kier alpha value is -2.30. The van der Waals surface area contributed by atoms with Crippen LogP contribution in [0.3, 0.4) is 0 Å². The third-order valence-corrected chi connectivity index (χ3v) is 2.97. The van der Waals surface area contributed by atoms with Crippen molar-refractivity contribution < 1.29 is 9.53 Å². The van der Waals surface area contributed by atoms with E-state index in [1.54, 1.807) is 6.20 Å². The second kappa shape index (κ2) is 7.47. The first-order chi connectivity index (χ1) is 10.1. The van der Waals surface area contributed by atoms with E-state index in [1.807, 2.05) is 55.1 Å². The number of nitrogens with zero attached hydrogens (tertiary/aromatic N) is 2. The van der Waals surface area contributed by atoms with Crippen molar-refractivity contribution in [1.29, 1.82) is 0 Å². The Kier molecular flexibility index (Phi) is 5.37. The maximum atomic E-state index is 11.8. The number of ether oxygens (including phenoxy) is 1. The van der Waals surface area contributed by atoms with Crippen molar-refractivity contribution in [2.24, 2.45) is 0 Å². The van der Waals surface area contributed by atoms with Gasteiger partial charge >= 0.3 is 0 Å². The lowest BCUT2D eigenvalue weighted by molar-refractivity contribution is -0.116. The second-order valence-corrected chi connectivity index (χ2v) is 5.12. The second-order valence-electron chi connectivity index (χ2n) is 5.12. The van der Waals surface area contributed by atoms with E-state index in [9.17, 15) is 4.79 Å². The Morgan fingerprint density at radius 3 is 2.76 bits per heavy atom. The fourth-order valence-electron chi connectivity index (χ4n) is 1.85.